The van der Waals surface area contributed by atoms with Gasteiger partial charge in [-0.15, -0.1) is 0 Å². The van der Waals surface area contributed by atoms with E-state index in [9.17, 15) is 9.59 Å². The summed E-state index contributed by atoms with van der Waals surface area (Å²) in [5.74, 6) is 1.07. The van der Waals surface area contributed by atoms with Crippen LogP contribution in [0.1, 0.15) is 37.0 Å². The quantitative estimate of drug-likeness (QED) is 0.486. The minimum atomic E-state index is -0.538. The summed E-state index contributed by atoms with van der Waals surface area (Å²) >= 11 is 0. The summed E-state index contributed by atoms with van der Waals surface area (Å²) < 4.78 is 21.1. The summed E-state index contributed by atoms with van der Waals surface area (Å²) in [7, 11) is 0. The molecule has 10 nitrogen and oxygen atoms in total. The minimum Gasteiger partial charge on any atom is -0.484 e. The lowest BCUT2D eigenvalue weighted by atomic mass is 9.87. The lowest BCUT2D eigenvalue weighted by Gasteiger charge is -2.19. The van der Waals surface area contributed by atoms with Crippen molar-refractivity contribution in [1.29, 1.82) is 0 Å². The molecule has 2 heterocycles. The third-order valence-corrected chi connectivity index (χ3v) is 5.07. The number of carbonyl (C=O) groups is 2. The maximum absolute atomic E-state index is 12.2. The Labute approximate surface area is 196 Å². The van der Waals surface area contributed by atoms with E-state index in [1.165, 1.54) is 5.56 Å². The highest BCUT2D eigenvalue weighted by Gasteiger charge is 2.19. The second-order valence-corrected chi connectivity index (χ2v) is 8.66. The first-order valence-electron chi connectivity index (χ1n) is 10.8. The molecule has 2 aromatic carbocycles. The van der Waals surface area contributed by atoms with E-state index in [0.717, 1.165) is 0 Å². The van der Waals surface area contributed by atoms with Crippen molar-refractivity contribution in [2.75, 3.05) is 26.5 Å². The van der Waals surface area contributed by atoms with Crippen molar-refractivity contribution in [2.24, 2.45) is 0 Å². The van der Waals surface area contributed by atoms with Crippen molar-refractivity contribution < 1.29 is 28.3 Å². The molecular weight excluding hydrogens is 440 g/mol. The smallest absolute Gasteiger partial charge is 0.316 e. The van der Waals surface area contributed by atoms with Crippen LogP contribution in [-0.2, 0) is 10.2 Å². The fraction of sp³-hybridized carbons (Fsp3) is 0.333. The summed E-state index contributed by atoms with van der Waals surface area (Å²) in [4.78, 5) is 28.3. The fourth-order valence-electron chi connectivity index (χ4n) is 3.17. The number of benzene rings is 2. The number of ether oxygens (including phenoxy) is 3. The third-order valence-electron chi connectivity index (χ3n) is 5.07. The van der Waals surface area contributed by atoms with Crippen molar-refractivity contribution in [3.8, 4) is 28.6 Å². The molecule has 1 aliphatic heterocycles. The summed E-state index contributed by atoms with van der Waals surface area (Å²) in [5, 5.41) is 9.13. The van der Waals surface area contributed by atoms with Crippen molar-refractivity contribution in [2.45, 2.75) is 26.2 Å². The number of nitrogens with zero attached hydrogens (tertiary/aromatic N) is 2. The van der Waals surface area contributed by atoms with E-state index in [2.05, 4.69) is 41.5 Å². The van der Waals surface area contributed by atoms with Crippen LogP contribution < -0.4 is 24.8 Å². The minimum absolute atomic E-state index is 0.0507. The van der Waals surface area contributed by atoms with Crippen molar-refractivity contribution in [3.63, 3.8) is 0 Å². The van der Waals surface area contributed by atoms with E-state index in [1.54, 1.807) is 18.2 Å². The average molecular weight is 466 g/mol. The number of aromatic nitrogens is 2. The van der Waals surface area contributed by atoms with Crippen LogP contribution >= 0.6 is 0 Å². The monoisotopic (exact) mass is 466 g/mol. The first-order valence-corrected chi connectivity index (χ1v) is 10.8. The highest BCUT2D eigenvalue weighted by atomic mass is 16.7. The van der Waals surface area contributed by atoms with Crippen LogP contribution in [0.25, 0.3) is 11.4 Å². The molecule has 2 N–H and O–H groups in total. The lowest BCUT2D eigenvalue weighted by Crippen LogP contribution is -2.36. The molecule has 178 valence electrons. The first kappa shape index (κ1) is 23.1. The molecule has 1 aliphatic rings. The molecule has 34 heavy (non-hydrogen) atoms. The van der Waals surface area contributed by atoms with Gasteiger partial charge < -0.3 is 29.4 Å². The van der Waals surface area contributed by atoms with Gasteiger partial charge >= 0.3 is 11.8 Å². The lowest BCUT2D eigenvalue weighted by molar-refractivity contribution is -0.123. The largest absolute Gasteiger partial charge is 0.484 e. The molecule has 2 amide bonds. The molecule has 0 spiro atoms. The maximum atomic E-state index is 12.2. The number of amides is 2. The Kier molecular flexibility index (Phi) is 6.67. The Balaban J connectivity index is 1.18. The van der Waals surface area contributed by atoms with Gasteiger partial charge in [0.25, 0.3) is 5.91 Å². The maximum Gasteiger partial charge on any atom is 0.316 e. The Morgan fingerprint density at radius 2 is 1.74 bits per heavy atom. The molecule has 0 atom stereocenters. The summed E-state index contributed by atoms with van der Waals surface area (Å²) in [6, 6.07) is 12.9. The van der Waals surface area contributed by atoms with E-state index in [1.807, 2.05) is 24.3 Å². The van der Waals surface area contributed by atoms with Crippen LogP contribution in [0.2, 0.25) is 0 Å². The van der Waals surface area contributed by atoms with Gasteiger partial charge in [0.2, 0.25) is 12.6 Å². The van der Waals surface area contributed by atoms with Gasteiger partial charge in [0, 0.05) is 18.7 Å². The average Bonchev–Trinajstić information content (AvgIpc) is 3.49. The topological polar surface area (TPSA) is 125 Å². The molecule has 3 aromatic rings. The summed E-state index contributed by atoms with van der Waals surface area (Å²) in [6.07, 6.45) is 0. The van der Waals surface area contributed by atoms with Crippen molar-refractivity contribution in [1.82, 2.24) is 20.8 Å². The Morgan fingerprint density at radius 1 is 1.00 bits per heavy atom. The molecule has 0 bridgehead atoms. The summed E-state index contributed by atoms with van der Waals surface area (Å²) in [5.41, 5.74) is 1.87. The number of fused-ring (bicyclic) bond motifs is 1. The third kappa shape index (κ3) is 5.64. The van der Waals surface area contributed by atoms with E-state index in [4.69, 9.17) is 18.7 Å². The zero-order chi connectivity index (χ0) is 24.1. The predicted molar refractivity (Wildman–Crippen MR) is 122 cm³/mol. The number of nitrogens with one attached hydrogen (secondary N) is 2. The summed E-state index contributed by atoms with van der Waals surface area (Å²) in [6.45, 7) is 6.84. The van der Waals surface area contributed by atoms with Crippen LogP contribution in [0, 0.1) is 0 Å². The molecule has 4 rings (SSSR count). The van der Waals surface area contributed by atoms with E-state index >= 15 is 0 Å². The first-order chi connectivity index (χ1) is 16.3. The molecular formula is C24H26N4O6. The molecule has 1 aromatic heterocycles. The fourth-order valence-corrected chi connectivity index (χ4v) is 3.17. The van der Waals surface area contributed by atoms with Gasteiger partial charge in [0.1, 0.15) is 5.75 Å². The highest BCUT2D eigenvalue weighted by Crippen LogP contribution is 2.35. The molecule has 0 fully saturated rings. The van der Waals surface area contributed by atoms with Gasteiger partial charge in [0.15, 0.2) is 18.1 Å². The van der Waals surface area contributed by atoms with Gasteiger partial charge in [0.05, 0.1) is 0 Å². The van der Waals surface area contributed by atoms with Gasteiger partial charge in [-0.1, -0.05) is 38.1 Å². The van der Waals surface area contributed by atoms with E-state index in [-0.39, 0.29) is 49.5 Å². The number of hydrogen-bond donors (Lipinski definition) is 2. The highest BCUT2D eigenvalue weighted by molar-refractivity contribution is 5.90. The second kappa shape index (κ2) is 9.82. The van der Waals surface area contributed by atoms with Crippen LogP contribution in [-0.4, -0.2) is 48.4 Å². The number of hydrogen-bond acceptors (Lipinski definition) is 8. The Bertz CT molecular complexity index is 1170. The second-order valence-electron chi connectivity index (χ2n) is 8.66. The molecule has 0 aliphatic carbocycles. The van der Waals surface area contributed by atoms with Crippen LogP contribution in [0.5, 0.6) is 17.2 Å². The van der Waals surface area contributed by atoms with Crippen LogP contribution in [0.15, 0.2) is 47.0 Å². The van der Waals surface area contributed by atoms with Crippen molar-refractivity contribution in [3.05, 3.63) is 53.9 Å². The van der Waals surface area contributed by atoms with E-state index in [0.29, 0.717) is 22.8 Å². The molecule has 0 radical (unpaired) electrons. The SMILES string of the molecule is CC(C)(C)c1ccc(OCC(=O)NCCNC(=O)c2nc(-c3ccc4c(c3)OCO4)no2)cc1. The zero-order valence-electron chi connectivity index (χ0n) is 19.2. The Morgan fingerprint density at radius 3 is 2.50 bits per heavy atom. The predicted octanol–water partition coefficient (Wildman–Crippen LogP) is 2.69. The normalized spacial score (nSPS) is 12.3. The molecule has 0 saturated carbocycles. The number of rotatable bonds is 8. The standard InChI is InChI=1S/C24H26N4O6/c1-24(2,3)16-5-7-17(8-6-16)31-13-20(29)25-10-11-26-22(30)23-27-21(28-34-23)15-4-9-18-19(12-15)33-14-32-18/h4-9,12H,10-11,13-14H2,1-3H3,(H,25,29)(H,26,30). The Hall–Kier alpha value is -4.08. The van der Waals surface area contributed by atoms with Gasteiger partial charge in [-0.05, 0) is 41.3 Å². The zero-order valence-corrected chi connectivity index (χ0v) is 19.2. The van der Waals surface area contributed by atoms with Crippen molar-refractivity contribution >= 4 is 11.8 Å². The number of carbonyl (C=O) groups excluding carboxylic acids is 2. The van der Waals surface area contributed by atoms with Crippen LogP contribution in [0.3, 0.4) is 0 Å². The van der Waals surface area contributed by atoms with Gasteiger partial charge in [-0.3, -0.25) is 9.59 Å². The molecule has 0 saturated heterocycles. The molecule has 10 heteroatoms. The van der Waals surface area contributed by atoms with Crippen LogP contribution in [0.4, 0.5) is 0 Å². The molecule has 0 unspecified atom stereocenters. The van der Waals surface area contributed by atoms with E-state index < -0.39 is 5.91 Å². The van der Waals surface area contributed by atoms with Gasteiger partial charge in [-0.25, -0.2) is 0 Å². The van der Waals surface area contributed by atoms with Gasteiger partial charge in [-0.2, -0.15) is 4.98 Å².